The summed E-state index contributed by atoms with van der Waals surface area (Å²) in [5, 5.41) is 0. The highest BCUT2D eigenvalue weighted by Crippen LogP contribution is 2.23. The summed E-state index contributed by atoms with van der Waals surface area (Å²) in [6.07, 6.45) is 13.0. The number of unbranched alkanes of at least 4 members (excludes halogenated alkanes) is 7. The van der Waals surface area contributed by atoms with Gasteiger partial charge in [0.25, 0.3) is 0 Å². The van der Waals surface area contributed by atoms with Crippen LogP contribution in [0.15, 0.2) is 29.3 Å². The maximum atomic E-state index is 10.5. The topological polar surface area (TPSA) is 29.4 Å². The van der Waals surface area contributed by atoms with Crippen molar-refractivity contribution in [3.63, 3.8) is 0 Å². The third-order valence-electron chi connectivity index (χ3n) is 3.63. The molecule has 2 nitrogen and oxygen atoms in total. The molecule has 0 saturated carbocycles. The summed E-state index contributed by atoms with van der Waals surface area (Å²) in [6, 6.07) is 10.8. The van der Waals surface area contributed by atoms with Crippen molar-refractivity contribution in [2.75, 3.05) is 0 Å². The largest absolute Gasteiger partial charge is 0.235 e. The van der Waals surface area contributed by atoms with Gasteiger partial charge in [0.1, 0.15) is 0 Å². The Kier molecular flexibility index (Phi) is 9.52. The standard InChI is InChI=1S/C18H26NO/c1-2-3-4-5-6-7-8-12-15-18(19-16-20)17-13-10-9-11-14-17/h9-11,13,18H,2-8,12,15H2,1H3. The number of carbonyl (C=O) groups excluding carboxylic acids is 1. The lowest BCUT2D eigenvalue weighted by Crippen LogP contribution is -1.95. The minimum absolute atomic E-state index is 0.0613. The average Bonchev–Trinajstić information content (AvgIpc) is 2.50. The maximum absolute atomic E-state index is 10.5. The number of nitrogens with zero attached hydrogens (tertiary/aromatic N) is 1. The molecule has 1 radical (unpaired) electrons. The van der Waals surface area contributed by atoms with E-state index >= 15 is 0 Å². The molecule has 0 aliphatic rings. The molecule has 0 amide bonds. The minimum atomic E-state index is -0.0613. The van der Waals surface area contributed by atoms with Gasteiger partial charge in [0.15, 0.2) is 0 Å². The first-order valence-corrected chi connectivity index (χ1v) is 7.92. The van der Waals surface area contributed by atoms with Crippen LogP contribution in [0.4, 0.5) is 0 Å². The summed E-state index contributed by atoms with van der Waals surface area (Å²) >= 11 is 0. The molecule has 0 N–H and O–H groups in total. The van der Waals surface area contributed by atoms with Crippen molar-refractivity contribution in [1.29, 1.82) is 0 Å². The first-order chi connectivity index (χ1) is 9.88. The molecule has 0 fully saturated rings. The molecule has 0 aliphatic carbocycles. The molecular formula is C18H26NO. The van der Waals surface area contributed by atoms with Crippen LogP contribution in [0.2, 0.25) is 0 Å². The predicted molar refractivity (Wildman–Crippen MR) is 83.4 cm³/mol. The lowest BCUT2D eigenvalue weighted by molar-refractivity contribution is 0.526. The summed E-state index contributed by atoms with van der Waals surface area (Å²) in [6.45, 7) is 2.24. The zero-order chi connectivity index (χ0) is 14.5. The Morgan fingerprint density at radius 1 is 1.10 bits per heavy atom. The molecule has 1 aromatic rings. The number of hydrogen-bond donors (Lipinski definition) is 0. The van der Waals surface area contributed by atoms with Crippen LogP contribution in [0.1, 0.15) is 76.3 Å². The molecule has 109 valence electrons. The van der Waals surface area contributed by atoms with Crippen LogP contribution >= 0.6 is 0 Å². The van der Waals surface area contributed by atoms with Gasteiger partial charge in [0.05, 0.1) is 6.04 Å². The summed E-state index contributed by atoms with van der Waals surface area (Å²) < 4.78 is 0. The van der Waals surface area contributed by atoms with Gasteiger partial charge in [-0.05, 0) is 18.1 Å². The zero-order valence-electron chi connectivity index (χ0n) is 12.6. The lowest BCUT2D eigenvalue weighted by atomic mass is 10.00. The SMILES string of the molecule is CCCCCCCCCCC(N=C=O)c1[c]cccc1. The lowest BCUT2D eigenvalue weighted by Gasteiger charge is -2.10. The van der Waals surface area contributed by atoms with E-state index in [1.54, 1.807) is 6.08 Å². The van der Waals surface area contributed by atoms with E-state index < -0.39 is 0 Å². The van der Waals surface area contributed by atoms with Crippen LogP contribution in [0.25, 0.3) is 0 Å². The van der Waals surface area contributed by atoms with E-state index in [0.717, 1.165) is 18.4 Å². The van der Waals surface area contributed by atoms with Gasteiger partial charge in [-0.25, -0.2) is 4.79 Å². The minimum Gasteiger partial charge on any atom is -0.211 e. The number of rotatable bonds is 11. The zero-order valence-corrected chi connectivity index (χ0v) is 12.6. The summed E-state index contributed by atoms with van der Waals surface area (Å²) in [4.78, 5) is 14.4. The first-order valence-electron chi connectivity index (χ1n) is 7.92. The molecular weight excluding hydrogens is 246 g/mol. The molecule has 1 atom stereocenters. The predicted octanol–water partition coefficient (Wildman–Crippen LogP) is 5.39. The van der Waals surface area contributed by atoms with Crippen LogP contribution in [-0.4, -0.2) is 6.08 Å². The van der Waals surface area contributed by atoms with E-state index in [-0.39, 0.29) is 6.04 Å². The highest BCUT2D eigenvalue weighted by molar-refractivity contribution is 5.35. The molecule has 0 spiro atoms. The Morgan fingerprint density at radius 2 is 1.80 bits per heavy atom. The van der Waals surface area contributed by atoms with Crippen LogP contribution < -0.4 is 0 Å². The summed E-state index contributed by atoms with van der Waals surface area (Å²) in [7, 11) is 0. The fraction of sp³-hybridized carbons (Fsp3) is 0.611. The van der Waals surface area contributed by atoms with Crippen LogP contribution in [0.3, 0.4) is 0 Å². The number of benzene rings is 1. The summed E-state index contributed by atoms with van der Waals surface area (Å²) in [5.74, 6) is 0. The van der Waals surface area contributed by atoms with E-state index in [2.05, 4.69) is 18.0 Å². The molecule has 0 saturated heterocycles. The highest BCUT2D eigenvalue weighted by Gasteiger charge is 2.09. The normalized spacial score (nSPS) is 11.8. The fourth-order valence-corrected chi connectivity index (χ4v) is 2.44. The average molecular weight is 272 g/mol. The van der Waals surface area contributed by atoms with Crippen molar-refractivity contribution in [3.8, 4) is 0 Å². The van der Waals surface area contributed by atoms with Gasteiger partial charge in [0.2, 0.25) is 6.08 Å². The third kappa shape index (κ3) is 7.25. The number of aliphatic imine (C=N–C) groups is 1. The molecule has 20 heavy (non-hydrogen) atoms. The second-order valence-electron chi connectivity index (χ2n) is 5.32. The molecule has 0 aliphatic heterocycles. The van der Waals surface area contributed by atoms with Crippen molar-refractivity contribution in [2.24, 2.45) is 4.99 Å². The van der Waals surface area contributed by atoms with Gasteiger partial charge in [-0.1, -0.05) is 82.6 Å². The van der Waals surface area contributed by atoms with Gasteiger partial charge in [-0.15, -0.1) is 0 Å². The Labute approximate surface area is 123 Å². The number of hydrogen-bond acceptors (Lipinski definition) is 2. The number of isocyanates is 1. The molecule has 1 rings (SSSR count). The molecule has 2 heteroatoms. The van der Waals surface area contributed by atoms with Crippen molar-refractivity contribution in [3.05, 3.63) is 35.9 Å². The second kappa shape index (κ2) is 11.4. The Bertz CT molecular complexity index is 382. The van der Waals surface area contributed by atoms with E-state index in [1.165, 1.54) is 44.9 Å². The molecule has 0 heterocycles. The maximum Gasteiger partial charge on any atom is 0.235 e. The first kappa shape index (κ1) is 16.7. The van der Waals surface area contributed by atoms with Gasteiger partial charge in [-0.3, -0.25) is 0 Å². The third-order valence-corrected chi connectivity index (χ3v) is 3.63. The molecule has 0 aromatic heterocycles. The fourth-order valence-electron chi connectivity index (χ4n) is 2.44. The van der Waals surface area contributed by atoms with Gasteiger partial charge < -0.3 is 0 Å². The molecule has 1 unspecified atom stereocenters. The summed E-state index contributed by atoms with van der Waals surface area (Å²) in [5.41, 5.74) is 0.999. The van der Waals surface area contributed by atoms with Crippen LogP contribution in [-0.2, 0) is 4.79 Å². The Morgan fingerprint density at radius 3 is 2.40 bits per heavy atom. The molecule has 0 bridgehead atoms. The monoisotopic (exact) mass is 272 g/mol. The van der Waals surface area contributed by atoms with Gasteiger partial charge in [-0.2, -0.15) is 4.99 Å². The Balaban J connectivity index is 2.19. The quantitative estimate of drug-likeness (QED) is 0.301. The van der Waals surface area contributed by atoms with Crippen molar-refractivity contribution >= 4 is 6.08 Å². The van der Waals surface area contributed by atoms with Crippen molar-refractivity contribution < 1.29 is 4.79 Å². The Hall–Kier alpha value is -1.40. The van der Waals surface area contributed by atoms with E-state index in [0.29, 0.717) is 0 Å². The highest BCUT2D eigenvalue weighted by atomic mass is 16.1. The van der Waals surface area contributed by atoms with Gasteiger partial charge >= 0.3 is 0 Å². The van der Waals surface area contributed by atoms with Crippen molar-refractivity contribution in [1.82, 2.24) is 0 Å². The molecule has 1 aromatic carbocycles. The van der Waals surface area contributed by atoms with Crippen molar-refractivity contribution in [2.45, 2.75) is 70.8 Å². The van der Waals surface area contributed by atoms with Crippen LogP contribution in [0.5, 0.6) is 0 Å². The van der Waals surface area contributed by atoms with Gasteiger partial charge in [0, 0.05) is 0 Å². The van der Waals surface area contributed by atoms with E-state index in [9.17, 15) is 4.79 Å². The van der Waals surface area contributed by atoms with E-state index in [4.69, 9.17) is 0 Å². The second-order valence-corrected chi connectivity index (χ2v) is 5.32. The smallest absolute Gasteiger partial charge is 0.211 e. The van der Waals surface area contributed by atoms with Crippen LogP contribution in [0, 0.1) is 6.07 Å². The van der Waals surface area contributed by atoms with E-state index in [1.807, 2.05) is 24.3 Å².